The number of Topliss-reactive ketones (excluding diaryl/α,β-unsaturated/α-hetero) is 1. The number of carbonyl (C=O) groups is 2. The zero-order valence-corrected chi connectivity index (χ0v) is 22.6. The molecule has 3 saturated carbocycles. The largest absolute Gasteiger partial charge is 0.390 e. The quantitative estimate of drug-likeness (QED) is 0.429. The van der Waals surface area contributed by atoms with E-state index in [4.69, 9.17) is 0 Å². The van der Waals surface area contributed by atoms with Crippen molar-refractivity contribution >= 4 is 11.6 Å². The van der Waals surface area contributed by atoms with Gasteiger partial charge in [0.25, 0.3) is 0 Å². The molecule has 8 heteroatoms. The summed E-state index contributed by atoms with van der Waals surface area (Å²) < 4.78 is 33.0. The highest BCUT2D eigenvalue weighted by Crippen LogP contribution is 2.70. The lowest BCUT2D eigenvalue weighted by Crippen LogP contribution is -2.68. The molecule has 9 atom stereocenters. The Morgan fingerprint density at radius 2 is 1.87 bits per heavy atom. The van der Waals surface area contributed by atoms with Gasteiger partial charge in [-0.2, -0.15) is 5.06 Å². The number of ketones is 2. The Balaban J connectivity index is 1.41. The lowest BCUT2D eigenvalue weighted by Gasteiger charge is -2.62. The van der Waals surface area contributed by atoms with Gasteiger partial charge in [-0.1, -0.05) is 43.3 Å². The normalized spacial score (nSPS) is 41.1. The van der Waals surface area contributed by atoms with E-state index >= 15 is 8.78 Å². The van der Waals surface area contributed by atoms with Crippen molar-refractivity contribution < 1.29 is 33.8 Å². The Bertz CT molecular complexity index is 1170. The van der Waals surface area contributed by atoms with Crippen LogP contribution in [0.15, 0.2) is 54.1 Å². The average Bonchev–Trinajstić information content (AvgIpc) is 3.18. The van der Waals surface area contributed by atoms with Gasteiger partial charge >= 0.3 is 0 Å². The third-order valence-corrected chi connectivity index (χ3v) is 10.5. The van der Waals surface area contributed by atoms with Crippen molar-refractivity contribution in [1.29, 1.82) is 0 Å². The molecule has 0 aromatic heterocycles. The van der Waals surface area contributed by atoms with E-state index in [0.29, 0.717) is 19.4 Å². The highest BCUT2D eigenvalue weighted by Gasteiger charge is 2.73. The zero-order chi connectivity index (χ0) is 28.2. The number of allylic oxidation sites excluding steroid dienone is 4. The average molecular weight is 544 g/mol. The van der Waals surface area contributed by atoms with Gasteiger partial charge in [0.1, 0.15) is 12.8 Å². The highest BCUT2D eigenvalue weighted by atomic mass is 19.1. The molecule has 0 aliphatic heterocycles. The Morgan fingerprint density at radius 3 is 2.56 bits per heavy atom. The second-order valence-corrected chi connectivity index (χ2v) is 12.5. The van der Waals surface area contributed by atoms with E-state index in [0.717, 1.165) is 18.1 Å². The molecular weight excluding hydrogens is 504 g/mol. The molecule has 3 fully saturated rings. The molecule has 1 aromatic rings. The molecule has 0 bridgehead atoms. The maximum Gasteiger partial charge on any atom is 0.178 e. The van der Waals surface area contributed by atoms with Crippen molar-refractivity contribution in [3.05, 3.63) is 59.7 Å². The second-order valence-electron chi connectivity index (χ2n) is 12.5. The molecule has 4 aliphatic carbocycles. The lowest BCUT2D eigenvalue weighted by molar-refractivity contribution is -0.202. The van der Waals surface area contributed by atoms with Crippen LogP contribution in [-0.2, 0) is 16.0 Å². The van der Waals surface area contributed by atoms with Crippen LogP contribution in [0.3, 0.4) is 0 Å². The molecular formula is C31H39F2NO5. The fourth-order valence-corrected chi connectivity index (χ4v) is 8.77. The molecule has 4 aliphatic rings. The van der Waals surface area contributed by atoms with Crippen LogP contribution in [0.2, 0.25) is 0 Å². The summed E-state index contributed by atoms with van der Waals surface area (Å²) in [5.41, 5.74) is -3.36. The number of aliphatic hydroxyl groups is 2. The molecule has 0 amide bonds. The number of aryl methyl sites for hydroxylation is 1. The SMILES string of the molecule is C[C@]12C[C@H](O)[C@@]3(F)[C@@H](C[C@H](F)C4=CC(=O)C=C[C@@]43C)C1CC(CN(O)CCCc1ccccc1)[C@@H]2C(=O)CO. The van der Waals surface area contributed by atoms with Gasteiger partial charge in [-0.3, -0.25) is 9.59 Å². The first-order valence-electron chi connectivity index (χ1n) is 14.0. The van der Waals surface area contributed by atoms with Crippen molar-refractivity contribution in [3.63, 3.8) is 0 Å². The minimum atomic E-state index is -2.22. The summed E-state index contributed by atoms with van der Waals surface area (Å²) in [5.74, 6) is -3.23. The first kappa shape index (κ1) is 28.3. The van der Waals surface area contributed by atoms with Crippen LogP contribution < -0.4 is 0 Å². The topological polar surface area (TPSA) is 98.1 Å². The van der Waals surface area contributed by atoms with Gasteiger partial charge in [-0.25, -0.2) is 8.78 Å². The molecule has 3 N–H and O–H groups in total. The van der Waals surface area contributed by atoms with Crippen LogP contribution in [0.4, 0.5) is 8.78 Å². The van der Waals surface area contributed by atoms with Crippen LogP contribution in [0.25, 0.3) is 0 Å². The first-order chi connectivity index (χ1) is 18.5. The molecule has 212 valence electrons. The van der Waals surface area contributed by atoms with Crippen LogP contribution in [0.1, 0.15) is 45.1 Å². The maximum atomic E-state index is 17.4. The van der Waals surface area contributed by atoms with Crippen LogP contribution in [0.5, 0.6) is 0 Å². The van der Waals surface area contributed by atoms with E-state index in [1.54, 1.807) is 6.92 Å². The Hall–Kier alpha value is -2.26. The number of hydroxylamine groups is 2. The summed E-state index contributed by atoms with van der Waals surface area (Å²) in [6, 6.07) is 9.92. The summed E-state index contributed by atoms with van der Waals surface area (Å²) in [7, 11) is 0. The number of hydrogen-bond acceptors (Lipinski definition) is 6. The van der Waals surface area contributed by atoms with Crippen LogP contribution in [-0.4, -0.2) is 69.7 Å². The summed E-state index contributed by atoms with van der Waals surface area (Å²) >= 11 is 0. The van der Waals surface area contributed by atoms with E-state index in [2.05, 4.69) is 0 Å². The number of alkyl halides is 2. The lowest BCUT2D eigenvalue weighted by atomic mass is 9.45. The molecule has 2 unspecified atom stereocenters. The van der Waals surface area contributed by atoms with E-state index in [-0.39, 0.29) is 30.9 Å². The number of halogens is 2. The highest BCUT2D eigenvalue weighted by molar-refractivity contribution is 6.01. The second kappa shape index (κ2) is 10.3. The number of fused-ring (bicyclic) bond motifs is 5. The monoisotopic (exact) mass is 543 g/mol. The van der Waals surface area contributed by atoms with Gasteiger partial charge in [-0.15, -0.1) is 0 Å². The predicted octanol–water partition coefficient (Wildman–Crippen LogP) is 4.03. The molecule has 6 nitrogen and oxygen atoms in total. The Labute approximate surface area is 228 Å². The molecule has 39 heavy (non-hydrogen) atoms. The van der Waals surface area contributed by atoms with E-state index in [1.807, 2.05) is 37.3 Å². The predicted molar refractivity (Wildman–Crippen MR) is 141 cm³/mol. The van der Waals surface area contributed by atoms with Gasteiger partial charge in [-0.05, 0) is 79.6 Å². The fourth-order valence-electron chi connectivity index (χ4n) is 8.77. The minimum Gasteiger partial charge on any atom is -0.390 e. The fraction of sp³-hybridized carbons (Fsp3) is 0.613. The van der Waals surface area contributed by atoms with Crippen LogP contribution in [0, 0.1) is 34.5 Å². The van der Waals surface area contributed by atoms with Crippen molar-refractivity contribution in [1.82, 2.24) is 5.06 Å². The van der Waals surface area contributed by atoms with Crippen molar-refractivity contribution in [2.75, 3.05) is 19.7 Å². The third-order valence-electron chi connectivity index (χ3n) is 10.5. The van der Waals surface area contributed by atoms with E-state index < -0.39 is 64.7 Å². The molecule has 1 aromatic carbocycles. The summed E-state index contributed by atoms with van der Waals surface area (Å²) in [6.45, 7) is 3.25. The number of aliphatic hydroxyl groups excluding tert-OH is 2. The van der Waals surface area contributed by atoms with Gasteiger partial charge in [0.05, 0.1) is 6.10 Å². The standard InChI is InChI=1S/C31H39F2NO5/c1-29-16-27(38)31(33)23(15-25(32)24-14-21(36)10-11-30(24,31)2)22(29)13-20(28(29)26(37)18-35)17-34(39)12-6-9-19-7-4-3-5-8-19/h3-5,7-8,10-11,14,20,22-23,25,27-28,35,38-39H,6,9,12-13,15-18H2,1-2H3/t20?,22?,23-,25-,27-,28+,29-,30-,31-/m0/s1. The third kappa shape index (κ3) is 4.44. The molecule has 5 rings (SSSR count). The van der Waals surface area contributed by atoms with E-state index in [1.165, 1.54) is 17.2 Å². The summed E-state index contributed by atoms with van der Waals surface area (Å²) in [6.07, 6.45) is 2.40. The maximum absolute atomic E-state index is 17.4. The van der Waals surface area contributed by atoms with Crippen molar-refractivity contribution in [3.8, 4) is 0 Å². The number of hydrogen-bond donors (Lipinski definition) is 3. The number of benzene rings is 1. The number of carbonyl (C=O) groups excluding carboxylic acids is 2. The van der Waals surface area contributed by atoms with Gasteiger partial charge in [0, 0.05) is 30.3 Å². The molecule has 0 spiro atoms. The van der Waals surface area contributed by atoms with E-state index in [9.17, 15) is 25.0 Å². The summed E-state index contributed by atoms with van der Waals surface area (Å²) in [5, 5.41) is 33.3. The Kier molecular flexibility index (Phi) is 7.46. The molecule has 0 radical (unpaired) electrons. The Morgan fingerprint density at radius 1 is 1.15 bits per heavy atom. The smallest absolute Gasteiger partial charge is 0.178 e. The van der Waals surface area contributed by atoms with Crippen molar-refractivity contribution in [2.24, 2.45) is 34.5 Å². The number of rotatable bonds is 8. The zero-order valence-electron chi connectivity index (χ0n) is 22.6. The van der Waals surface area contributed by atoms with Gasteiger partial charge in [0.2, 0.25) is 0 Å². The molecule has 0 heterocycles. The minimum absolute atomic E-state index is 0.0291. The van der Waals surface area contributed by atoms with Gasteiger partial charge < -0.3 is 15.4 Å². The van der Waals surface area contributed by atoms with Crippen LogP contribution >= 0.6 is 0 Å². The number of nitrogens with zero attached hydrogens (tertiary/aromatic N) is 1. The van der Waals surface area contributed by atoms with Crippen molar-refractivity contribution in [2.45, 2.75) is 63.9 Å². The molecule has 0 saturated heterocycles. The van der Waals surface area contributed by atoms with Gasteiger partial charge in [0.15, 0.2) is 17.2 Å². The summed E-state index contributed by atoms with van der Waals surface area (Å²) in [4.78, 5) is 25.2. The first-order valence-corrected chi connectivity index (χ1v) is 14.0.